The van der Waals surface area contributed by atoms with Crippen LogP contribution in [0, 0.1) is 6.92 Å². The van der Waals surface area contributed by atoms with Crippen molar-refractivity contribution in [1.82, 2.24) is 0 Å². The monoisotopic (exact) mass is 249 g/mol. The van der Waals surface area contributed by atoms with E-state index in [9.17, 15) is 9.90 Å². The molecule has 0 aliphatic heterocycles. The summed E-state index contributed by atoms with van der Waals surface area (Å²) in [7, 11) is 1.48. The summed E-state index contributed by atoms with van der Waals surface area (Å²) in [4.78, 5) is 13.9. The van der Waals surface area contributed by atoms with Gasteiger partial charge in [-0.3, -0.25) is 9.79 Å². The number of phenols is 1. The first kappa shape index (κ1) is 13.8. The van der Waals surface area contributed by atoms with Crippen molar-refractivity contribution in [3.05, 3.63) is 29.3 Å². The number of carbonyl (C=O) groups is 1. The molecule has 0 bridgehead atoms. The maximum Gasteiger partial charge on any atom is 0.325 e. The van der Waals surface area contributed by atoms with Crippen LogP contribution in [0.3, 0.4) is 0 Å². The molecule has 1 rings (SSSR count). The van der Waals surface area contributed by atoms with E-state index < -0.39 is 5.97 Å². The molecule has 2 N–H and O–H groups in total. The SMILES string of the molecule is COc1cc(/C=C/C=NCC(=O)O)cc(C)c1O. The number of carboxylic acids is 1. The lowest BCUT2D eigenvalue weighted by Crippen LogP contribution is -1.98. The Morgan fingerprint density at radius 2 is 2.22 bits per heavy atom. The van der Waals surface area contributed by atoms with Crippen LogP contribution >= 0.6 is 0 Å². The summed E-state index contributed by atoms with van der Waals surface area (Å²) in [6.45, 7) is 1.52. The number of ether oxygens (including phenoxy) is 1. The molecule has 0 spiro atoms. The molecular formula is C13H15NO4. The van der Waals surface area contributed by atoms with Crippen molar-refractivity contribution in [2.24, 2.45) is 4.99 Å². The summed E-state index contributed by atoms with van der Waals surface area (Å²) in [5.74, 6) is -0.451. The second kappa shape index (κ2) is 6.44. The lowest BCUT2D eigenvalue weighted by molar-refractivity contribution is -0.135. The first-order valence-electron chi connectivity index (χ1n) is 5.30. The average Bonchev–Trinajstić information content (AvgIpc) is 2.32. The molecule has 0 saturated heterocycles. The van der Waals surface area contributed by atoms with E-state index in [1.54, 1.807) is 31.2 Å². The van der Waals surface area contributed by atoms with Gasteiger partial charge in [0.25, 0.3) is 0 Å². The Hall–Kier alpha value is -2.30. The van der Waals surface area contributed by atoms with E-state index in [1.807, 2.05) is 0 Å². The first-order chi connectivity index (χ1) is 8.54. The normalized spacial score (nSPS) is 11.2. The predicted octanol–water partition coefficient (Wildman–Crippen LogP) is 1.88. The van der Waals surface area contributed by atoms with Crippen molar-refractivity contribution in [1.29, 1.82) is 0 Å². The van der Waals surface area contributed by atoms with Crippen LogP contribution in [0.5, 0.6) is 11.5 Å². The zero-order valence-corrected chi connectivity index (χ0v) is 10.3. The highest BCUT2D eigenvalue weighted by atomic mass is 16.5. The third kappa shape index (κ3) is 3.93. The van der Waals surface area contributed by atoms with Gasteiger partial charge in [0.05, 0.1) is 7.11 Å². The maximum atomic E-state index is 10.2. The van der Waals surface area contributed by atoms with Crippen LogP contribution in [0.25, 0.3) is 6.08 Å². The van der Waals surface area contributed by atoms with Gasteiger partial charge in [-0.1, -0.05) is 6.08 Å². The summed E-state index contributed by atoms with van der Waals surface area (Å²) in [5, 5.41) is 18.0. The van der Waals surface area contributed by atoms with Gasteiger partial charge in [0, 0.05) is 6.21 Å². The highest BCUT2D eigenvalue weighted by Gasteiger charge is 2.05. The Morgan fingerprint density at radius 1 is 1.50 bits per heavy atom. The van der Waals surface area contributed by atoms with Gasteiger partial charge in [0.2, 0.25) is 0 Å². The molecule has 5 heteroatoms. The standard InChI is InChI=1S/C13H15NO4/c1-9-6-10(7-11(18-2)13(9)17)4-3-5-14-8-12(15)16/h3-7,17H,8H2,1-2H3,(H,15,16)/b4-3+,14-5?. The minimum absolute atomic E-state index is 0.120. The molecule has 0 heterocycles. The zero-order valence-electron chi connectivity index (χ0n) is 10.3. The fourth-order valence-electron chi connectivity index (χ4n) is 1.37. The summed E-state index contributed by atoms with van der Waals surface area (Å²) in [6.07, 6.45) is 4.80. The lowest BCUT2D eigenvalue weighted by atomic mass is 10.1. The average molecular weight is 249 g/mol. The molecule has 0 amide bonds. The number of hydrogen-bond donors (Lipinski definition) is 2. The topological polar surface area (TPSA) is 79.1 Å². The molecule has 5 nitrogen and oxygen atoms in total. The summed E-state index contributed by atoms with van der Waals surface area (Å²) in [6, 6.07) is 3.48. The largest absolute Gasteiger partial charge is 0.504 e. The summed E-state index contributed by atoms with van der Waals surface area (Å²) >= 11 is 0. The smallest absolute Gasteiger partial charge is 0.325 e. The van der Waals surface area contributed by atoms with Gasteiger partial charge in [-0.25, -0.2) is 0 Å². The van der Waals surface area contributed by atoms with Gasteiger partial charge in [-0.15, -0.1) is 0 Å². The minimum atomic E-state index is -0.971. The van der Waals surface area contributed by atoms with Crippen molar-refractivity contribution < 1.29 is 19.7 Å². The van der Waals surface area contributed by atoms with Crippen LogP contribution in [0.1, 0.15) is 11.1 Å². The Balaban J connectivity index is 2.79. The predicted molar refractivity (Wildman–Crippen MR) is 69.4 cm³/mol. The molecule has 0 aliphatic rings. The number of hydrogen-bond acceptors (Lipinski definition) is 4. The second-order valence-electron chi connectivity index (χ2n) is 3.63. The van der Waals surface area contributed by atoms with Crippen LogP contribution in [0.15, 0.2) is 23.2 Å². The van der Waals surface area contributed by atoms with Crippen LogP contribution in [-0.4, -0.2) is 36.1 Å². The number of benzene rings is 1. The van der Waals surface area contributed by atoms with Gasteiger partial charge >= 0.3 is 5.97 Å². The molecule has 0 aliphatic carbocycles. The van der Waals surface area contributed by atoms with Gasteiger partial charge in [0.1, 0.15) is 6.54 Å². The molecule has 96 valence electrons. The number of aromatic hydroxyl groups is 1. The zero-order chi connectivity index (χ0) is 13.5. The Morgan fingerprint density at radius 3 is 2.83 bits per heavy atom. The molecule has 0 atom stereocenters. The molecule has 0 aromatic heterocycles. The Labute approximate surface area is 105 Å². The van der Waals surface area contributed by atoms with Crippen molar-refractivity contribution in [2.45, 2.75) is 6.92 Å². The van der Waals surface area contributed by atoms with E-state index in [4.69, 9.17) is 9.84 Å². The number of methoxy groups -OCH3 is 1. The highest BCUT2D eigenvalue weighted by molar-refractivity contribution is 5.81. The number of rotatable bonds is 5. The first-order valence-corrected chi connectivity index (χ1v) is 5.30. The quantitative estimate of drug-likeness (QED) is 0.781. The van der Waals surface area contributed by atoms with Gasteiger partial charge in [-0.2, -0.15) is 0 Å². The summed E-state index contributed by atoms with van der Waals surface area (Å²) < 4.78 is 5.03. The molecule has 0 unspecified atom stereocenters. The Bertz CT molecular complexity index is 492. The third-order valence-corrected chi connectivity index (χ3v) is 2.21. The van der Waals surface area contributed by atoms with Crippen molar-refractivity contribution >= 4 is 18.3 Å². The summed E-state index contributed by atoms with van der Waals surface area (Å²) in [5.41, 5.74) is 1.54. The van der Waals surface area contributed by atoms with E-state index in [2.05, 4.69) is 4.99 Å². The fraction of sp³-hybridized carbons (Fsp3) is 0.231. The number of aliphatic imine (C=N–C) groups is 1. The van der Waals surface area contributed by atoms with E-state index in [0.717, 1.165) is 5.56 Å². The molecule has 0 radical (unpaired) electrons. The Kier molecular flexibility index (Phi) is 4.92. The van der Waals surface area contributed by atoms with E-state index in [0.29, 0.717) is 11.3 Å². The van der Waals surface area contributed by atoms with E-state index in [-0.39, 0.29) is 12.3 Å². The number of aliphatic carboxylic acids is 1. The van der Waals surface area contributed by atoms with Crippen LogP contribution in [0.2, 0.25) is 0 Å². The molecule has 0 saturated carbocycles. The van der Waals surface area contributed by atoms with Crippen LogP contribution < -0.4 is 4.74 Å². The van der Waals surface area contributed by atoms with Crippen LogP contribution in [-0.2, 0) is 4.79 Å². The maximum absolute atomic E-state index is 10.2. The van der Waals surface area contributed by atoms with E-state index >= 15 is 0 Å². The third-order valence-electron chi connectivity index (χ3n) is 2.21. The van der Waals surface area contributed by atoms with Gasteiger partial charge < -0.3 is 14.9 Å². The van der Waals surface area contributed by atoms with Gasteiger partial charge in [-0.05, 0) is 36.3 Å². The molecule has 18 heavy (non-hydrogen) atoms. The van der Waals surface area contributed by atoms with Crippen molar-refractivity contribution in [3.8, 4) is 11.5 Å². The lowest BCUT2D eigenvalue weighted by Gasteiger charge is -2.07. The highest BCUT2D eigenvalue weighted by Crippen LogP contribution is 2.31. The molecular weight excluding hydrogens is 234 g/mol. The number of aryl methyl sites for hydroxylation is 1. The van der Waals surface area contributed by atoms with Crippen molar-refractivity contribution in [2.75, 3.05) is 13.7 Å². The fourth-order valence-corrected chi connectivity index (χ4v) is 1.37. The molecule has 1 aromatic rings. The number of allylic oxidation sites excluding steroid dienone is 1. The van der Waals surface area contributed by atoms with E-state index in [1.165, 1.54) is 13.3 Å². The second-order valence-corrected chi connectivity index (χ2v) is 3.63. The number of nitrogens with zero attached hydrogens (tertiary/aromatic N) is 1. The van der Waals surface area contributed by atoms with Crippen molar-refractivity contribution in [3.63, 3.8) is 0 Å². The molecule has 0 fully saturated rings. The van der Waals surface area contributed by atoms with Gasteiger partial charge in [0.15, 0.2) is 11.5 Å². The minimum Gasteiger partial charge on any atom is -0.504 e. The molecule has 1 aromatic carbocycles. The number of phenolic OH excluding ortho intramolecular Hbond substituents is 1. The van der Waals surface area contributed by atoms with Crippen LogP contribution in [0.4, 0.5) is 0 Å². The number of carboxylic acid groups (broad SMARTS) is 1.